The van der Waals surface area contributed by atoms with E-state index in [2.05, 4.69) is 4.98 Å². The summed E-state index contributed by atoms with van der Waals surface area (Å²) in [5.41, 5.74) is 6.50. The van der Waals surface area contributed by atoms with Crippen LogP contribution in [0.2, 0.25) is 0 Å². The summed E-state index contributed by atoms with van der Waals surface area (Å²) < 4.78 is 1.15. The van der Waals surface area contributed by atoms with Crippen LogP contribution in [0.5, 0.6) is 0 Å². The van der Waals surface area contributed by atoms with E-state index in [0.29, 0.717) is 13.1 Å². The van der Waals surface area contributed by atoms with Crippen molar-refractivity contribution in [3.8, 4) is 0 Å². The van der Waals surface area contributed by atoms with E-state index in [1.54, 1.807) is 23.3 Å². The molecule has 0 radical (unpaired) electrons. The number of benzene rings is 1. The molecule has 1 unspecified atom stereocenters. The van der Waals surface area contributed by atoms with Gasteiger partial charge in [-0.1, -0.05) is 19.1 Å². The topological polar surface area (TPSA) is 59.2 Å². The van der Waals surface area contributed by atoms with Crippen LogP contribution in [0.15, 0.2) is 24.3 Å². The van der Waals surface area contributed by atoms with E-state index in [-0.39, 0.29) is 11.8 Å². The Kier molecular flexibility index (Phi) is 3.93. The van der Waals surface area contributed by atoms with E-state index in [1.165, 1.54) is 0 Å². The van der Waals surface area contributed by atoms with Gasteiger partial charge in [0.05, 0.1) is 16.8 Å². The first kappa shape index (κ1) is 13.0. The highest BCUT2D eigenvalue weighted by atomic mass is 32.1. The number of amides is 1. The van der Waals surface area contributed by atoms with Crippen molar-refractivity contribution in [2.24, 2.45) is 11.7 Å². The largest absolute Gasteiger partial charge is 0.339 e. The van der Waals surface area contributed by atoms with E-state index in [0.717, 1.165) is 15.2 Å². The molecular weight excluding hydrogens is 246 g/mol. The Morgan fingerprint density at radius 1 is 1.50 bits per heavy atom. The summed E-state index contributed by atoms with van der Waals surface area (Å²) in [6, 6.07) is 7.99. The van der Waals surface area contributed by atoms with Gasteiger partial charge in [-0.15, -0.1) is 11.3 Å². The molecule has 0 bridgehead atoms. The number of para-hydroxylation sites is 1. The number of fused-ring (bicyclic) bond motifs is 1. The van der Waals surface area contributed by atoms with E-state index in [1.807, 2.05) is 31.2 Å². The van der Waals surface area contributed by atoms with Gasteiger partial charge in [-0.05, 0) is 12.1 Å². The molecule has 2 aromatic rings. The fourth-order valence-corrected chi connectivity index (χ4v) is 2.77. The Morgan fingerprint density at radius 3 is 2.89 bits per heavy atom. The van der Waals surface area contributed by atoms with Crippen LogP contribution in [0.3, 0.4) is 0 Å². The fourth-order valence-electron chi connectivity index (χ4n) is 1.75. The minimum atomic E-state index is -0.135. The van der Waals surface area contributed by atoms with Crippen LogP contribution in [-0.2, 0) is 11.3 Å². The number of rotatable bonds is 4. The van der Waals surface area contributed by atoms with Crippen molar-refractivity contribution in [3.63, 3.8) is 0 Å². The predicted octanol–water partition coefficient (Wildman–Crippen LogP) is 1.85. The average molecular weight is 263 g/mol. The zero-order valence-corrected chi connectivity index (χ0v) is 11.4. The first-order valence-corrected chi connectivity index (χ1v) is 6.73. The van der Waals surface area contributed by atoms with Crippen molar-refractivity contribution in [3.05, 3.63) is 29.3 Å². The molecular formula is C13H17N3OS. The van der Waals surface area contributed by atoms with Crippen molar-refractivity contribution in [2.75, 3.05) is 13.6 Å². The smallest absolute Gasteiger partial charge is 0.226 e. The minimum Gasteiger partial charge on any atom is -0.339 e. The lowest BCUT2D eigenvalue weighted by Crippen LogP contribution is -2.34. The van der Waals surface area contributed by atoms with Crippen molar-refractivity contribution >= 4 is 27.5 Å². The van der Waals surface area contributed by atoms with Crippen LogP contribution in [0, 0.1) is 5.92 Å². The summed E-state index contributed by atoms with van der Waals surface area (Å²) >= 11 is 1.63. The van der Waals surface area contributed by atoms with Gasteiger partial charge in [0, 0.05) is 19.5 Å². The highest BCUT2D eigenvalue weighted by molar-refractivity contribution is 7.18. The second-order valence-corrected chi connectivity index (χ2v) is 5.52. The van der Waals surface area contributed by atoms with Gasteiger partial charge < -0.3 is 10.6 Å². The average Bonchev–Trinajstić information content (AvgIpc) is 2.78. The summed E-state index contributed by atoms with van der Waals surface area (Å²) in [5.74, 6) is -0.0684. The molecule has 2 rings (SSSR count). The number of aromatic nitrogens is 1. The van der Waals surface area contributed by atoms with Gasteiger partial charge in [0.1, 0.15) is 5.01 Å². The van der Waals surface area contributed by atoms with Crippen molar-refractivity contribution in [1.82, 2.24) is 9.88 Å². The van der Waals surface area contributed by atoms with Gasteiger partial charge in [0.25, 0.3) is 0 Å². The van der Waals surface area contributed by atoms with Gasteiger partial charge in [-0.25, -0.2) is 4.98 Å². The quantitative estimate of drug-likeness (QED) is 0.915. The molecule has 18 heavy (non-hydrogen) atoms. The van der Waals surface area contributed by atoms with E-state index in [9.17, 15) is 4.79 Å². The molecule has 0 saturated heterocycles. The van der Waals surface area contributed by atoms with Crippen molar-refractivity contribution in [2.45, 2.75) is 13.5 Å². The normalized spacial score (nSPS) is 12.6. The highest BCUT2D eigenvalue weighted by Crippen LogP contribution is 2.22. The predicted molar refractivity (Wildman–Crippen MR) is 74.3 cm³/mol. The number of nitrogens with zero attached hydrogens (tertiary/aromatic N) is 2. The van der Waals surface area contributed by atoms with Gasteiger partial charge >= 0.3 is 0 Å². The zero-order chi connectivity index (χ0) is 13.1. The van der Waals surface area contributed by atoms with Crippen LogP contribution in [0.25, 0.3) is 10.2 Å². The Balaban J connectivity index is 2.11. The third kappa shape index (κ3) is 2.68. The van der Waals surface area contributed by atoms with E-state index >= 15 is 0 Å². The lowest BCUT2D eigenvalue weighted by Gasteiger charge is -2.19. The van der Waals surface area contributed by atoms with Crippen LogP contribution in [-0.4, -0.2) is 29.4 Å². The maximum absolute atomic E-state index is 11.9. The van der Waals surface area contributed by atoms with Gasteiger partial charge in [0.15, 0.2) is 0 Å². The zero-order valence-electron chi connectivity index (χ0n) is 10.6. The second-order valence-electron chi connectivity index (χ2n) is 4.41. The first-order chi connectivity index (χ1) is 8.61. The molecule has 0 aliphatic carbocycles. The molecule has 1 atom stereocenters. The summed E-state index contributed by atoms with van der Waals surface area (Å²) in [6.07, 6.45) is 0. The molecule has 0 aliphatic rings. The third-order valence-corrected chi connectivity index (χ3v) is 3.88. The second kappa shape index (κ2) is 5.46. The number of nitrogens with two attached hydrogens (primary N) is 1. The Morgan fingerprint density at radius 2 is 2.22 bits per heavy atom. The Bertz CT molecular complexity index is 519. The third-order valence-electron chi connectivity index (χ3n) is 2.86. The molecule has 1 amide bonds. The Hall–Kier alpha value is -1.46. The first-order valence-electron chi connectivity index (χ1n) is 5.91. The summed E-state index contributed by atoms with van der Waals surface area (Å²) in [5, 5.41) is 0.955. The van der Waals surface area contributed by atoms with Crippen LogP contribution in [0.4, 0.5) is 0 Å². The van der Waals surface area contributed by atoms with Crippen LogP contribution >= 0.6 is 11.3 Å². The molecule has 5 heteroatoms. The SMILES string of the molecule is CC(CN)C(=O)N(C)Cc1nc2ccccc2s1. The van der Waals surface area contributed by atoms with Crippen molar-refractivity contribution < 1.29 is 4.79 Å². The van der Waals surface area contributed by atoms with E-state index < -0.39 is 0 Å². The molecule has 1 aromatic heterocycles. The standard InChI is InChI=1S/C13H17N3OS/c1-9(7-14)13(17)16(2)8-12-15-10-5-3-4-6-11(10)18-12/h3-6,9H,7-8,14H2,1-2H3. The number of thiazole rings is 1. The van der Waals surface area contributed by atoms with Crippen LogP contribution in [0.1, 0.15) is 11.9 Å². The summed E-state index contributed by atoms with van der Waals surface area (Å²) in [6.45, 7) is 2.77. The number of carbonyl (C=O) groups excluding carboxylic acids is 1. The lowest BCUT2D eigenvalue weighted by molar-refractivity contribution is -0.133. The molecule has 4 nitrogen and oxygen atoms in total. The lowest BCUT2D eigenvalue weighted by atomic mass is 10.1. The molecule has 2 N–H and O–H groups in total. The molecule has 1 aromatic carbocycles. The number of carbonyl (C=O) groups is 1. The molecule has 1 heterocycles. The molecule has 0 fully saturated rings. The van der Waals surface area contributed by atoms with Gasteiger partial charge in [-0.3, -0.25) is 4.79 Å². The van der Waals surface area contributed by atoms with Crippen LogP contribution < -0.4 is 5.73 Å². The van der Waals surface area contributed by atoms with E-state index in [4.69, 9.17) is 5.73 Å². The highest BCUT2D eigenvalue weighted by Gasteiger charge is 2.17. The monoisotopic (exact) mass is 263 g/mol. The molecule has 0 saturated carbocycles. The number of hydrogen-bond donors (Lipinski definition) is 1. The minimum absolute atomic E-state index is 0.0664. The maximum atomic E-state index is 11.9. The molecule has 0 spiro atoms. The number of hydrogen-bond acceptors (Lipinski definition) is 4. The Labute approximate surface area is 110 Å². The van der Waals surface area contributed by atoms with Crippen molar-refractivity contribution in [1.29, 1.82) is 0 Å². The van der Waals surface area contributed by atoms with Gasteiger partial charge in [-0.2, -0.15) is 0 Å². The molecule has 0 aliphatic heterocycles. The maximum Gasteiger partial charge on any atom is 0.226 e. The molecule has 96 valence electrons. The summed E-state index contributed by atoms with van der Waals surface area (Å²) in [7, 11) is 1.79. The fraction of sp³-hybridized carbons (Fsp3) is 0.385. The van der Waals surface area contributed by atoms with Gasteiger partial charge in [0.2, 0.25) is 5.91 Å². The summed E-state index contributed by atoms with van der Waals surface area (Å²) in [4.78, 5) is 18.1.